The Morgan fingerprint density at radius 3 is 2.43 bits per heavy atom. The number of ether oxygens (including phenoxy) is 1. The highest BCUT2D eigenvalue weighted by molar-refractivity contribution is 7.85. The maximum Gasteiger partial charge on any atom is 0.410 e. The van der Waals surface area contributed by atoms with Crippen LogP contribution in [0, 0.1) is 0 Å². The predicted octanol–water partition coefficient (Wildman–Crippen LogP) is 1.76. The van der Waals surface area contributed by atoms with Crippen molar-refractivity contribution < 1.29 is 22.1 Å². The van der Waals surface area contributed by atoms with E-state index in [1.165, 1.54) is 4.90 Å². The zero-order valence-corrected chi connectivity index (χ0v) is 12.9. The maximum atomic E-state index is 12.0. The Labute approximate surface area is 124 Å². The lowest BCUT2D eigenvalue weighted by Gasteiger charge is -2.26. The van der Waals surface area contributed by atoms with Gasteiger partial charge in [-0.25, -0.2) is 4.79 Å². The fraction of sp³-hybridized carbons (Fsp3) is 0.500. The normalized spacial score (nSPS) is 16.3. The summed E-state index contributed by atoms with van der Waals surface area (Å²) in [4.78, 5) is 13.5. The summed E-state index contributed by atoms with van der Waals surface area (Å²) < 4.78 is 32.1. The largest absolute Gasteiger partial charge is 0.445 e. The van der Waals surface area contributed by atoms with E-state index >= 15 is 0 Å². The molecule has 1 aliphatic carbocycles. The summed E-state index contributed by atoms with van der Waals surface area (Å²) in [5.41, 5.74) is 0.341. The van der Waals surface area contributed by atoms with Crippen molar-refractivity contribution in [2.75, 3.05) is 19.9 Å². The van der Waals surface area contributed by atoms with E-state index in [9.17, 15) is 13.2 Å². The van der Waals surface area contributed by atoms with Crippen LogP contribution < -0.4 is 0 Å². The molecule has 0 spiro atoms. The van der Waals surface area contributed by atoms with Crippen LogP contribution in [0.2, 0.25) is 0 Å². The van der Waals surface area contributed by atoms with Crippen LogP contribution >= 0.6 is 0 Å². The number of carbonyl (C=O) groups excluding carboxylic acids is 1. The smallest absolute Gasteiger partial charge is 0.410 e. The quantitative estimate of drug-likeness (QED) is 0.748. The van der Waals surface area contributed by atoms with Crippen LogP contribution in [0.5, 0.6) is 0 Å². The molecule has 0 radical (unpaired) electrons. The van der Waals surface area contributed by atoms with E-state index in [0.29, 0.717) is 12.8 Å². The van der Waals surface area contributed by atoms with E-state index in [0.717, 1.165) is 11.8 Å². The number of amides is 1. The lowest BCUT2D eigenvalue weighted by atomic mass is 10.2. The molecule has 116 valence electrons. The third kappa shape index (κ3) is 4.44. The van der Waals surface area contributed by atoms with Gasteiger partial charge in [-0.2, -0.15) is 8.42 Å². The Balaban J connectivity index is 1.87. The Hall–Kier alpha value is -1.60. The summed E-state index contributed by atoms with van der Waals surface area (Å²) in [5.74, 6) is 0. The lowest BCUT2D eigenvalue weighted by molar-refractivity contribution is 0.0735. The zero-order valence-electron chi connectivity index (χ0n) is 12.1. The topological polar surface area (TPSA) is 72.9 Å². The van der Waals surface area contributed by atoms with Gasteiger partial charge in [0, 0.05) is 7.05 Å². The fourth-order valence-corrected chi connectivity index (χ4v) is 2.38. The summed E-state index contributed by atoms with van der Waals surface area (Å²) in [6.45, 7) is 0.162. The van der Waals surface area contributed by atoms with Crippen LogP contribution in [-0.2, 0) is 25.6 Å². The summed E-state index contributed by atoms with van der Waals surface area (Å²) in [7, 11) is -1.91. The molecule has 7 heteroatoms. The first-order chi connectivity index (χ1) is 9.82. The van der Waals surface area contributed by atoms with Crippen LogP contribution in [0.15, 0.2) is 30.3 Å². The van der Waals surface area contributed by atoms with E-state index in [4.69, 9.17) is 8.92 Å². The molecule has 1 aliphatic rings. The van der Waals surface area contributed by atoms with Crippen molar-refractivity contribution in [3.8, 4) is 0 Å². The minimum Gasteiger partial charge on any atom is -0.445 e. The van der Waals surface area contributed by atoms with Crippen LogP contribution in [0.3, 0.4) is 0 Å². The predicted molar refractivity (Wildman–Crippen MR) is 77.2 cm³/mol. The monoisotopic (exact) mass is 313 g/mol. The van der Waals surface area contributed by atoms with E-state index in [1.54, 1.807) is 7.05 Å². The minimum absolute atomic E-state index is 0.0250. The minimum atomic E-state index is -3.51. The van der Waals surface area contributed by atoms with Gasteiger partial charge < -0.3 is 9.64 Å². The molecule has 0 aliphatic heterocycles. The van der Waals surface area contributed by atoms with Gasteiger partial charge in [0.25, 0.3) is 10.1 Å². The highest BCUT2D eigenvalue weighted by Crippen LogP contribution is 2.41. The molecule has 0 aromatic heterocycles. The molecule has 2 rings (SSSR count). The van der Waals surface area contributed by atoms with E-state index in [-0.39, 0.29) is 13.2 Å². The molecule has 0 heterocycles. The average molecular weight is 313 g/mol. The molecular formula is C14H19NO5S. The van der Waals surface area contributed by atoms with Crippen molar-refractivity contribution in [1.82, 2.24) is 4.90 Å². The summed E-state index contributed by atoms with van der Waals surface area (Å²) in [6, 6.07) is 9.36. The fourth-order valence-electron chi connectivity index (χ4n) is 1.95. The maximum absolute atomic E-state index is 12.0. The molecule has 21 heavy (non-hydrogen) atoms. The Morgan fingerprint density at radius 1 is 1.29 bits per heavy atom. The molecule has 1 aromatic carbocycles. The Bertz CT molecular complexity index is 595. The van der Waals surface area contributed by atoms with Gasteiger partial charge in [0.1, 0.15) is 6.61 Å². The van der Waals surface area contributed by atoms with Crippen LogP contribution in [0.4, 0.5) is 4.79 Å². The number of hydrogen-bond acceptors (Lipinski definition) is 5. The number of carbonyl (C=O) groups is 1. The molecule has 0 N–H and O–H groups in total. The van der Waals surface area contributed by atoms with Gasteiger partial charge >= 0.3 is 6.09 Å². The second-order valence-electron chi connectivity index (χ2n) is 5.29. The van der Waals surface area contributed by atoms with Crippen molar-refractivity contribution in [2.45, 2.75) is 25.0 Å². The van der Waals surface area contributed by atoms with Gasteiger partial charge in [-0.15, -0.1) is 0 Å². The SMILES string of the molecule is CN(C(=O)OCc1ccccc1)C1(COS(C)(=O)=O)CC1. The van der Waals surface area contributed by atoms with Crippen molar-refractivity contribution in [3.05, 3.63) is 35.9 Å². The average Bonchev–Trinajstić information content (AvgIpc) is 3.23. The van der Waals surface area contributed by atoms with E-state index < -0.39 is 21.8 Å². The summed E-state index contributed by atoms with van der Waals surface area (Å²) in [6.07, 6.45) is 1.93. The number of benzene rings is 1. The molecular weight excluding hydrogens is 294 g/mol. The summed E-state index contributed by atoms with van der Waals surface area (Å²) in [5, 5.41) is 0. The zero-order chi connectivity index (χ0) is 15.5. The third-order valence-corrected chi connectivity index (χ3v) is 4.11. The van der Waals surface area contributed by atoms with Crippen LogP contribution in [0.1, 0.15) is 18.4 Å². The van der Waals surface area contributed by atoms with Crippen LogP contribution in [0.25, 0.3) is 0 Å². The summed E-state index contributed by atoms with van der Waals surface area (Å²) >= 11 is 0. The molecule has 1 aromatic rings. The van der Waals surface area contributed by atoms with Gasteiger partial charge in [0.2, 0.25) is 0 Å². The highest BCUT2D eigenvalue weighted by atomic mass is 32.2. The number of hydrogen-bond donors (Lipinski definition) is 0. The number of rotatable bonds is 6. The van der Waals surface area contributed by atoms with Crippen molar-refractivity contribution in [3.63, 3.8) is 0 Å². The first-order valence-electron chi connectivity index (χ1n) is 6.61. The van der Waals surface area contributed by atoms with Crippen molar-refractivity contribution in [2.24, 2.45) is 0 Å². The van der Waals surface area contributed by atoms with Gasteiger partial charge in [-0.1, -0.05) is 30.3 Å². The molecule has 1 amide bonds. The number of nitrogens with zero attached hydrogens (tertiary/aromatic N) is 1. The molecule has 0 bridgehead atoms. The second kappa shape index (κ2) is 6.03. The molecule has 1 saturated carbocycles. The van der Waals surface area contributed by atoms with Crippen molar-refractivity contribution in [1.29, 1.82) is 0 Å². The van der Waals surface area contributed by atoms with Gasteiger partial charge in [-0.05, 0) is 18.4 Å². The molecule has 0 unspecified atom stereocenters. The van der Waals surface area contributed by atoms with Crippen LogP contribution in [-0.4, -0.2) is 44.9 Å². The van der Waals surface area contributed by atoms with Gasteiger partial charge in [-0.3, -0.25) is 4.18 Å². The second-order valence-corrected chi connectivity index (χ2v) is 6.93. The molecule has 6 nitrogen and oxygen atoms in total. The standard InChI is InChI=1S/C14H19NO5S/c1-15(14(8-9-14)11-20-21(2,17)18)13(16)19-10-12-6-4-3-5-7-12/h3-7H,8-11H2,1-2H3. The highest BCUT2D eigenvalue weighted by Gasteiger charge is 2.50. The molecule has 0 atom stereocenters. The van der Waals surface area contributed by atoms with E-state index in [2.05, 4.69) is 0 Å². The van der Waals surface area contributed by atoms with E-state index in [1.807, 2.05) is 30.3 Å². The molecule has 1 fully saturated rings. The lowest BCUT2D eigenvalue weighted by Crippen LogP contribution is -2.42. The molecule has 0 saturated heterocycles. The third-order valence-electron chi connectivity index (χ3n) is 3.56. The van der Waals surface area contributed by atoms with Gasteiger partial charge in [0.15, 0.2) is 0 Å². The first kappa shape index (κ1) is 15.8. The van der Waals surface area contributed by atoms with Gasteiger partial charge in [0.05, 0.1) is 18.4 Å². The van der Waals surface area contributed by atoms with Crippen molar-refractivity contribution >= 4 is 16.2 Å². The first-order valence-corrected chi connectivity index (χ1v) is 8.43. The number of likely N-dealkylation sites (N-methyl/N-ethyl adjacent to an activating group) is 1. The Morgan fingerprint density at radius 2 is 1.90 bits per heavy atom. The Kier molecular flexibility index (Phi) is 4.53.